The molecule has 0 aliphatic carbocycles. The number of urea groups is 1. The van der Waals surface area contributed by atoms with Crippen molar-refractivity contribution in [3.8, 4) is 0 Å². The van der Waals surface area contributed by atoms with Crippen LogP contribution < -0.4 is 11.1 Å². The van der Waals surface area contributed by atoms with Gasteiger partial charge >= 0.3 is 24.5 Å². The van der Waals surface area contributed by atoms with Crippen molar-refractivity contribution in [3.05, 3.63) is 58.7 Å². The molecule has 0 spiro atoms. The van der Waals surface area contributed by atoms with Crippen LogP contribution in [0.25, 0.3) is 0 Å². The Hall–Kier alpha value is -4.21. The molecule has 4 heterocycles. The molecule has 3 N–H and O–H groups in total. The fourth-order valence-electron chi connectivity index (χ4n) is 7.93. The van der Waals surface area contributed by atoms with Crippen LogP contribution in [0.15, 0.2) is 36.4 Å². The number of nitrogen functional groups attached to an aromatic ring is 1. The number of rotatable bonds is 6. The second-order valence-corrected chi connectivity index (χ2v) is 14.1. The van der Waals surface area contributed by atoms with E-state index in [1.165, 1.54) is 9.80 Å². The minimum absolute atomic E-state index is 0.167. The third-order valence-electron chi connectivity index (χ3n) is 10.8. The molecule has 1 atom stereocenters. The molecule has 10 nitrogen and oxygen atoms in total. The van der Waals surface area contributed by atoms with Gasteiger partial charge in [-0.1, -0.05) is 24.6 Å². The molecule has 4 aliphatic rings. The molecule has 2 aromatic carbocycles. The van der Waals surface area contributed by atoms with Crippen LogP contribution in [-0.2, 0) is 34.7 Å². The lowest BCUT2D eigenvalue weighted by molar-refractivity contribution is -0.142. The zero-order valence-corrected chi connectivity index (χ0v) is 28.8. The second-order valence-electron chi connectivity index (χ2n) is 14.1. The molecule has 0 saturated carbocycles. The van der Waals surface area contributed by atoms with Crippen LogP contribution in [0.2, 0.25) is 0 Å². The molecule has 16 heteroatoms. The Morgan fingerprint density at radius 3 is 2.00 bits per heavy atom. The summed E-state index contributed by atoms with van der Waals surface area (Å²) >= 11 is 0. The van der Waals surface area contributed by atoms with Crippen molar-refractivity contribution < 1.29 is 45.5 Å². The number of halogens is 6. The topological polar surface area (TPSA) is 111 Å². The number of carbonyl (C=O) groups excluding carboxylic acids is 3. The Labute approximate surface area is 298 Å². The van der Waals surface area contributed by atoms with Gasteiger partial charge in [0.1, 0.15) is 0 Å². The molecule has 284 valence electrons. The first kappa shape index (κ1) is 37.5. The van der Waals surface area contributed by atoms with Gasteiger partial charge in [0.05, 0.1) is 16.8 Å². The first-order chi connectivity index (χ1) is 24.7. The van der Waals surface area contributed by atoms with Crippen LogP contribution in [-0.4, -0.2) is 102 Å². The standard InChI is InChI=1S/C36H44F6N6O4/c37-35(38,39)27-20-23(21-28(31(27)43)36(40,41)42)22-30(32(49)46-15-9-25(10-16-46)45-13-4-1-5-14-45)52-34(51)47-17-11-26(12-18-47)48-19-8-24-6-2-3-7-29(24)44-33(48)50/h2-3,6-7,20-21,25-26,30H,1,4-5,8-19,22,43H2,(H,44,50)/t30-/m1/s1. The van der Waals surface area contributed by atoms with E-state index in [1.54, 1.807) is 4.90 Å². The van der Waals surface area contributed by atoms with Crippen molar-refractivity contribution in [3.63, 3.8) is 0 Å². The number of amides is 4. The van der Waals surface area contributed by atoms with Crippen molar-refractivity contribution in [1.29, 1.82) is 0 Å². The minimum atomic E-state index is -5.20. The molecule has 0 unspecified atom stereocenters. The number of fused-ring (bicyclic) bond motifs is 1. The summed E-state index contributed by atoms with van der Waals surface area (Å²) in [6.07, 6.45) is -7.61. The highest BCUT2D eigenvalue weighted by Gasteiger charge is 2.42. The number of para-hydroxylation sites is 1. The van der Waals surface area contributed by atoms with Crippen LogP contribution in [0.1, 0.15) is 67.2 Å². The zero-order chi connectivity index (χ0) is 37.2. The third kappa shape index (κ3) is 8.53. The number of hydrogen-bond acceptors (Lipinski definition) is 6. The zero-order valence-electron chi connectivity index (χ0n) is 28.8. The van der Waals surface area contributed by atoms with E-state index in [4.69, 9.17) is 10.5 Å². The van der Waals surface area contributed by atoms with Gasteiger partial charge in [-0.15, -0.1) is 0 Å². The van der Waals surface area contributed by atoms with Crippen LogP contribution in [0.4, 0.5) is 47.3 Å². The fraction of sp³-hybridized carbons (Fsp3) is 0.583. The number of alkyl halides is 6. The smallest absolute Gasteiger partial charge is 0.418 e. The summed E-state index contributed by atoms with van der Waals surface area (Å²) in [7, 11) is 0. The highest BCUT2D eigenvalue weighted by Crippen LogP contribution is 2.42. The average molecular weight is 739 g/mol. The van der Waals surface area contributed by atoms with Gasteiger partial charge in [0, 0.05) is 56.9 Å². The van der Waals surface area contributed by atoms with Crippen LogP contribution in [0, 0.1) is 0 Å². The maximum absolute atomic E-state index is 14.0. The highest BCUT2D eigenvalue weighted by atomic mass is 19.4. The minimum Gasteiger partial charge on any atom is -0.436 e. The van der Waals surface area contributed by atoms with Gasteiger partial charge in [0.15, 0.2) is 6.10 Å². The fourth-order valence-corrected chi connectivity index (χ4v) is 7.93. The largest absolute Gasteiger partial charge is 0.436 e. The summed E-state index contributed by atoms with van der Waals surface area (Å²) in [4.78, 5) is 47.5. The number of piperidine rings is 3. The van der Waals surface area contributed by atoms with Crippen LogP contribution >= 0.6 is 0 Å². The lowest BCUT2D eigenvalue weighted by Crippen LogP contribution is -2.53. The first-order valence-electron chi connectivity index (χ1n) is 17.9. The Kier molecular flexibility index (Phi) is 11.1. The molecule has 0 aromatic heterocycles. The summed E-state index contributed by atoms with van der Waals surface area (Å²) in [5.74, 6) is -0.680. The summed E-state index contributed by atoms with van der Waals surface area (Å²) in [6, 6.07) is 8.31. The van der Waals surface area contributed by atoms with Gasteiger partial charge < -0.3 is 35.4 Å². The Bertz CT molecular complexity index is 1580. The van der Waals surface area contributed by atoms with Crippen molar-refractivity contribution in [2.24, 2.45) is 0 Å². The van der Waals surface area contributed by atoms with Gasteiger partial charge in [-0.25, -0.2) is 9.59 Å². The molecule has 52 heavy (non-hydrogen) atoms. The number of nitrogens with one attached hydrogen (secondary N) is 1. The Balaban J connectivity index is 1.17. The molecule has 4 aliphatic heterocycles. The summed E-state index contributed by atoms with van der Waals surface area (Å²) in [5.41, 5.74) is 1.79. The van der Waals surface area contributed by atoms with E-state index in [1.807, 2.05) is 24.3 Å². The number of carbonyl (C=O) groups is 3. The van der Waals surface area contributed by atoms with E-state index in [0.29, 0.717) is 63.9 Å². The normalized spacial score (nSPS) is 20.6. The lowest BCUT2D eigenvalue weighted by Gasteiger charge is -2.41. The molecular formula is C36H44F6N6O4. The lowest BCUT2D eigenvalue weighted by atomic mass is 9.96. The maximum atomic E-state index is 14.0. The van der Waals surface area contributed by atoms with Crippen LogP contribution in [0.3, 0.4) is 0 Å². The van der Waals surface area contributed by atoms with Gasteiger partial charge in [-0.3, -0.25) is 4.79 Å². The number of likely N-dealkylation sites (tertiary alicyclic amines) is 3. The van der Waals surface area contributed by atoms with Gasteiger partial charge in [0.25, 0.3) is 5.91 Å². The van der Waals surface area contributed by atoms with E-state index in [2.05, 4.69) is 10.2 Å². The van der Waals surface area contributed by atoms with Crippen molar-refractivity contribution in [1.82, 2.24) is 19.6 Å². The van der Waals surface area contributed by atoms with E-state index in [9.17, 15) is 40.7 Å². The Morgan fingerprint density at radius 1 is 0.808 bits per heavy atom. The average Bonchev–Trinajstić information content (AvgIpc) is 3.29. The van der Waals surface area contributed by atoms with E-state index in [-0.39, 0.29) is 31.2 Å². The molecule has 3 fully saturated rings. The number of ether oxygens (including phenoxy) is 1. The molecule has 4 amide bonds. The number of anilines is 2. The van der Waals surface area contributed by atoms with Gasteiger partial charge in [-0.2, -0.15) is 26.3 Å². The number of hydrogen-bond donors (Lipinski definition) is 2. The predicted molar refractivity (Wildman–Crippen MR) is 180 cm³/mol. The first-order valence-corrected chi connectivity index (χ1v) is 17.9. The van der Waals surface area contributed by atoms with Crippen molar-refractivity contribution >= 4 is 29.4 Å². The SMILES string of the molecule is Nc1c(C(F)(F)F)cc(C[C@@H](OC(=O)N2CCC(N3CCc4ccccc4NC3=O)CC2)C(=O)N2CCC(N3CCCCC3)CC2)cc1C(F)(F)F. The second kappa shape index (κ2) is 15.4. The summed E-state index contributed by atoms with van der Waals surface area (Å²) in [6.45, 7) is 3.36. The number of benzene rings is 2. The summed E-state index contributed by atoms with van der Waals surface area (Å²) < 4.78 is 88.9. The third-order valence-corrected chi connectivity index (χ3v) is 10.8. The highest BCUT2D eigenvalue weighted by molar-refractivity contribution is 5.91. The molecule has 0 bridgehead atoms. The monoisotopic (exact) mass is 738 g/mol. The van der Waals surface area contributed by atoms with Crippen molar-refractivity contribution in [2.75, 3.05) is 56.9 Å². The molecular weight excluding hydrogens is 694 g/mol. The van der Waals surface area contributed by atoms with E-state index >= 15 is 0 Å². The Morgan fingerprint density at radius 2 is 1.38 bits per heavy atom. The quantitative estimate of drug-likeness (QED) is 0.263. The maximum Gasteiger partial charge on any atom is 0.418 e. The number of nitrogens with two attached hydrogens (primary N) is 1. The number of nitrogens with zero attached hydrogens (tertiary/aromatic N) is 4. The summed E-state index contributed by atoms with van der Waals surface area (Å²) in [5, 5.41) is 2.94. The van der Waals surface area contributed by atoms with Gasteiger partial charge in [0.2, 0.25) is 0 Å². The molecule has 0 radical (unpaired) electrons. The molecule has 2 aromatic rings. The molecule has 3 saturated heterocycles. The van der Waals surface area contributed by atoms with Crippen LogP contribution in [0.5, 0.6) is 0 Å². The molecule has 6 rings (SSSR count). The van der Waals surface area contributed by atoms with Gasteiger partial charge in [-0.05, 0) is 87.4 Å². The van der Waals surface area contributed by atoms with Crippen molar-refractivity contribution in [2.45, 2.75) is 88.3 Å². The van der Waals surface area contributed by atoms with E-state index < -0.39 is 59.3 Å². The predicted octanol–water partition coefficient (Wildman–Crippen LogP) is 6.39. The van der Waals surface area contributed by atoms with E-state index in [0.717, 1.165) is 43.6 Å².